The lowest BCUT2D eigenvalue weighted by Crippen LogP contribution is -2.27. The van der Waals surface area contributed by atoms with Gasteiger partial charge in [0.2, 0.25) is 5.82 Å². The topological polar surface area (TPSA) is 59.8 Å². The van der Waals surface area contributed by atoms with E-state index in [1.54, 1.807) is 38.1 Å². The van der Waals surface area contributed by atoms with Gasteiger partial charge in [-0.1, -0.05) is 12.1 Å². The van der Waals surface area contributed by atoms with Gasteiger partial charge in [0.25, 0.3) is 5.91 Å². The van der Waals surface area contributed by atoms with E-state index in [0.717, 1.165) is 5.56 Å². The van der Waals surface area contributed by atoms with Gasteiger partial charge >= 0.3 is 0 Å². The number of aryl methyl sites for hydroxylation is 1. The number of rotatable bonds is 4. The number of benzene rings is 2. The van der Waals surface area contributed by atoms with E-state index in [9.17, 15) is 13.6 Å². The van der Waals surface area contributed by atoms with Crippen molar-refractivity contribution < 1.29 is 13.6 Å². The first-order valence-electron chi connectivity index (χ1n) is 7.70. The van der Waals surface area contributed by atoms with E-state index in [4.69, 9.17) is 0 Å². The number of aromatic nitrogens is 3. The summed E-state index contributed by atoms with van der Waals surface area (Å²) in [5.74, 6) is -0.618. The smallest absolute Gasteiger partial charge is 0.291 e. The molecule has 0 spiro atoms. The Morgan fingerprint density at radius 1 is 1.04 bits per heavy atom. The quantitative estimate of drug-likeness (QED) is 0.791. The third-order valence-corrected chi connectivity index (χ3v) is 3.76. The van der Waals surface area contributed by atoms with Gasteiger partial charge in [-0.25, -0.2) is 18.4 Å². The minimum atomic E-state index is -0.444. The first-order valence-corrected chi connectivity index (χ1v) is 7.70. The summed E-state index contributed by atoms with van der Waals surface area (Å²) in [6, 6.07) is 11.3. The van der Waals surface area contributed by atoms with E-state index in [2.05, 4.69) is 15.4 Å². The number of amides is 1. The third kappa shape index (κ3) is 3.71. The summed E-state index contributed by atoms with van der Waals surface area (Å²) in [5.41, 5.74) is 1.38. The number of carbonyl (C=O) groups excluding carboxylic acids is 1. The zero-order valence-electron chi connectivity index (χ0n) is 13.7. The molecule has 128 valence electrons. The van der Waals surface area contributed by atoms with Crippen molar-refractivity contribution in [2.75, 3.05) is 0 Å². The summed E-state index contributed by atoms with van der Waals surface area (Å²) in [6.07, 6.45) is 0. The van der Waals surface area contributed by atoms with Crippen LogP contribution in [0.15, 0.2) is 48.5 Å². The summed E-state index contributed by atoms with van der Waals surface area (Å²) in [7, 11) is 0. The predicted octanol–water partition coefficient (Wildman–Crippen LogP) is 3.34. The van der Waals surface area contributed by atoms with Crippen molar-refractivity contribution in [3.05, 3.63) is 77.4 Å². The number of nitrogens with one attached hydrogen (secondary N) is 1. The van der Waals surface area contributed by atoms with Gasteiger partial charge in [0.1, 0.15) is 17.5 Å². The van der Waals surface area contributed by atoms with E-state index in [1.807, 2.05) is 0 Å². The Labute approximate surface area is 143 Å². The van der Waals surface area contributed by atoms with E-state index < -0.39 is 5.91 Å². The van der Waals surface area contributed by atoms with E-state index in [1.165, 1.54) is 28.9 Å². The standard InChI is InChI=1S/C18H16F2N4O/c1-11(13-3-5-14(19)6-4-13)21-18(25)17-22-12(2)24(23-17)16-9-7-15(20)8-10-16/h3-11H,1-2H3,(H,21,25)/t11-/m1/s1. The van der Waals surface area contributed by atoms with Gasteiger partial charge in [-0.15, -0.1) is 5.10 Å². The predicted molar refractivity (Wildman–Crippen MR) is 88.3 cm³/mol. The maximum absolute atomic E-state index is 13.0. The summed E-state index contributed by atoms with van der Waals surface area (Å²) in [4.78, 5) is 16.5. The second-order valence-electron chi connectivity index (χ2n) is 5.62. The lowest BCUT2D eigenvalue weighted by molar-refractivity contribution is 0.0929. The van der Waals surface area contributed by atoms with Crippen LogP contribution >= 0.6 is 0 Å². The van der Waals surface area contributed by atoms with Crippen molar-refractivity contribution in [2.45, 2.75) is 19.9 Å². The monoisotopic (exact) mass is 342 g/mol. The zero-order chi connectivity index (χ0) is 18.0. The lowest BCUT2D eigenvalue weighted by atomic mass is 10.1. The Morgan fingerprint density at radius 2 is 1.60 bits per heavy atom. The Balaban J connectivity index is 1.77. The highest BCUT2D eigenvalue weighted by molar-refractivity contribution is 5.90. The molecule has 0 aliphatic rings. The molecule has 5 nitrogen and oxygen atoms in total. The second-order valence-corrected chi connectivity index (χ2v) is 5.62. The molecule has 25 heavy (non-hydrogen) atoms. The normalized spacial score (nSPS) is 12.0. The molecule has 1 amide bonds. The second kappa shape index (κ2) is 6.80. The molecule has 0 fully saturated rings. The van der Waals surface area contributed by atoms with E-state index in [-0.39, 0.29) is 23.5 Å². The van der Waals surface area contributed by atoms with Crippen LogP contribution in [0.5, 0.6) is 0 Å². The number of hydrogen-bond donors (Lipinski definition) is 1. The number of halogens is 2. The molecule has 2 aromatic carbocycles. The number of hydrogen-bond acceptors (Lipinski definition) is 3. The molecule has 0 saturated heterocycles. The van der Waals surface area contributed by atoms with Crippen molar-refractivity contribution >= 4 is 5.91 Å². The molecule has 3 rings (SSSR count). The molecule has 3 aromatic rings. The van der Waals surface area contributed by atoms with Gasteiger partial charge in [0.05, 0.1) is 11.7 Å². The lowest BCUT2D eigenvalue weighted by Gasteiger charge is -2.12. The van der Waals surface area contributed by atoms with E-state index in [0.29, 0.717) is 11.5 Å². The summed E-state index contributed by atoms with van der Waals surface area (Å²) in [5, 5.41) is 6.95. The van der Waals surface area contributed by atoms with Gasteiger partial charge in [0.15, 0.2) is 0 Å². The third-order valence-electron chi connectivity index (χ3n) is 3.76. The van der Waals surface area contributed by atoms with Crippen LogP contribution in [0.2, 0.25) is 0 Å². The highest BCUT2D eigenvalue weighted by Gasteiger charge is 2.18. The molecule has 1 atom stereocenters. The zero-order valence-corrected chi connectivity index (χ0v) is 13.7. The molecular weight excluding hydrogens is 326 g/mol. The highest BCUT2D eigenvalue weighted by Crippen LogP contribution is 2.14. The van der Waals surface area contributed by atoms with Crippen molar-refractivity contribution in [1.29, 1.82) is 0 Å². The van der Waals surface area contributed by atoms with Gasteiger partial charge < -0.3 is 5.32 Å². The molecule has 1 heterocycles. The van der Waals surface area contributed by atoms with Gasteiger partial charge in [0, 0.05) is 0 Å². The van der Waals surface area contributed by atoms with Crippen LogP contribution in [0.4, 0.5) is 8.78 Å². The van der Waals surface area contributed by atoms with E-state index >= 15 is 0 Å². The van der Waals surface area contributed by atoms with Crippen molar-refractivity contribution in [3.8, 4) is 5.69 Å². The maximum atomic E-state index is 13.0. The molecule has 0 unspecified atom stereocenters. The number of carbonyl (C=O) groups is 1. The fraction of sp³-hybridized carbons (Fsp3) is 0.167. The van der Waals surface area contributed by atoms with Crippen LogP contribution in [-0.2, 0) is 0 Å². The molecule has 0 aliphatic heterocycles. The highest BCUT2D eigenvalue weighted by atomic mass is 19.1. The molecule has 0 radical (unpaired) electrons. The average Bonchev–Trinajstić information content (AvgIpc) is 2.98. The van der Waals surface area contributed by atoms with Crippen LogP contribution < -0.4 is 5.32 Å². The first kappa shape index (κ1) is 16.8. The molecule has 1 N–H and O–H groups in total. The van der Waals surface area contributed by atoms with Crippen molar-refractivity contribution in [2.24, 2.45) is 0 Å². The Bertz CT molecular complexity index is 888. The minimum absolute atomic E-state index is 0.00999. The Morgan fingerprint density at radius 3 is 2.20 bits per heavy atom. The van der Waals surface area contributed by atoms with Crippen LogP contribution in [0, 0.1) is 18.6 Å². The molecule has 0 aliphatic carbocycles. The summed E-state index contributed by atoms with van der Waals surface area (Å²) >= 11 is 0. The first-order chi connectivity index (χ1) is 11.9. The van der Waals surface area contributed by atoms with Gasteiger partial charge in [-0.05, 0) is 55.8 Å². The van der Waals surface area contributed by atoms with Crippen molar-refractivity contribution in [1.82, 2.24) is 20.1 Å². The molecular formula is C18H16F2N4O. The van der Waals surface area contributed by atoms with Crippen LogP contribution in [0.3, 0.4) is 0 Å². The fourth-order valence-electron chi connectivity index (χ4n) is 2.41. The average molecular weight is 342 g/mol. The maximum Gasteiger partial charge on any atom is 0.291 e. The molecule has 0 saturated carbocycles. The SMILES string of the molecule is Cc1nc(C(=O)N[C@H](C)c2ccc(F)cc2)nn1-c1ccc(F)cc1. The Hall–Kier alpha value is -3.09. The largest absolute Gasteiger partial charge is 0.343 e. The van der Waals surface area contributed by atoms with Crippen LogP contribution in [0.25, 0.3) is 5.69 Å². The van der Waals surface area contributed by atoms with Gasteiger partial charge in [-0.3, -0.25) is 4.79 Å². The van der Waals surface area contributed by atoms with Crippen LogP contribution in [0.1, 0.15) is 35.0 Å². The van der Waals surface area contributed by atoms with Crippen molar-refractivity contribution in [3.63, 3.8) is 0 Å². The summed E-state index contributed by atoms with van der Waals surface area (Å²) in [6.45, 7) is 3.49. The molecule has 0 bridgehead atoms. The Kier molecular flexibility index (Phi) is 4.56. The van der Waals surface area contributed by atoms with Gasteiger partial charge in [-0.2, -0.15) is 0 Å². The minimum Gasteiger partial charge on any atom is -0.343 e. The fourth-order valence-corrected chi connectivity index (χ4v) is 2.41. The van der Waals surface area contributed by atoms with Crippen LogP contribution in [-0.4, -0.2) is 20.7 Å². The molecule has 7 heteroatoms. The summed E-state index contributed by atoms with van der Waals surface area (Å²) < 4.78 is 27.5. The molecule has 1 aromatic heterocycles. The number of nitrogens with zero attached hydrogens (tertiary/aromatic N) is 3.